The first-order valence-corrected chi connectivity index (χ1v) is 6.10. The Kier molecular flexibility index (Phi) is 3.89. The third-order valence-corrected chi connectivity index (χ3v) is 2.80. The SMILES string of the molecule is CN(C)c1cccc(C(=O)Nc2cc(N)cc(F)c2)c1. The number of amides is 1. The largest absolute Gasteiger partial charge is 0.399 e. The fraction of sp³-hybridized carbons (Fsp3) is 0.133. The Balaban J connectivity index is 2.21. The average molecular weight is 273 g/mol. The summed E-state index contributed by atoms with van der Waals surface area (Å²) in [6.45, 7) is 0. The summed E-state index contributed by atoms with van der Waals surface area (Å²) >= 11 is 0. The van der Waals surface area contributed by atoms with Crippen molar-refractivity contribution in [3.05, 3.63) is 53.8 Å². The van der Waals surface area contributed by atoms with Gasteiger partial charge in [0.2, 0.25) is 0 Å². The van der Waals surface area contributed by atoms with E-state index in [1.54, 1.807) is 18.2 Å². The molecule has 2 aromatic carbocycles. The zero-order valence-electron chi connectivity index (χ0n) is 11.4. The topological polar surface area (TPSA) is 58.4 Å². The van der Waals surface area contributed by atoms with Crippen LogP contribution in [-0.4, -0.2) is 20.0 Å². The molecule has 0 saturated carbocycles. The third kappa shape index (κ3) is 3.26. The highest BCUT2D eigenvalue weighted by molar-refractivity contribution is 6.05. The van der Waals surface area contributed by atoms with Gasteiger partial charge in [0, 0.05) is 36.7 Å². The summed E-state index contributed by atoms with van der Waals surface area (Å²) in [5.41, 5.74) is 7.55. The van der Waals surface area contributed by atoms with Gasteiger partial charge in [0.05, 0.1) is 0 Å². The van der Waals surface area contributed by atoms with Crippen molar-refractivity contribution in [1.82, 2.24) is 0 Å². The van der Waals surface area contributed by atoms with Crippen LogP contribution in [0, 0.1) is 5.82 Å². The zero-order valence-corrected chi connectivity index (χ0v) is 11.4. The molecule has 0 aliphatic carbocycles. The smallest absolute Gasteiger partial charge is 0.255 e. The van der Waals surface area contributed by atoms with Crippen molar-refractivity contribution in [3.8, 4) is 0 Å². The lowest BCUT2D eigenvalue weighted by atomic mass is 10.1. The average Bonchev–Trinajstić information content (AvgIpc) is 2.37. The summed E-state index contributed by atoms with van der Waals surface area (Å²) < 4.78 is 13.2. The maximum atomic E-state index is 13.2. The molecule has 0 saturated heterocycles. The number of nitrogen functional groups attached to an aromatic ring is 1. The molecule has 1 amide bonds. The molecule has 3 N–H and O–H groups in total. The Hall–Kier alpha value is -2.56. The normalized spacial score (nSPS) is 10.2. The number of anilines is 3. The molecular formula is C15H16FN3O. The molecular weight excluding hydrogens is 257 g/mol. The third-order valence-electron chi connectivity index (χ3n) is 2.80. The fourth-order valence-corrected chi connectivity index (χ4v) is 1.81. The highest BCUT2D eigenvalue weighted by atomic mass is 19.1. The standard InChI is InChI=1S/C15H16FN3O/c1-19(2)14-5-3-4-10(6-14)15(20)18-13-8-11(16)7-12(17)9-13/h3-9H,17H2,1-2H3,(H,18,20). The molecule has 0 aliphatic rings. The van der Waals surface area contributed by atoms with Gasteiger partial charge in [-0.05, 0) is 36.4 Å². The van der Waals surface area contributed by atoms with E-state index in [1.165, 1.54) is 18.2 Å². The van der Waals surface area contributed by atoms with Gasteiger partial charge in [0.1, 0.15) is 5.82 Å². The van der Waals surface area contributed by atoms with Crippen LogP contribution in [0.25, 0.3) is 0 Å². The highest BCUT2D eigenvalue weighted by Crippen LogP contribution is 2.18. The molecule has 0 heterocycles. The van der Waals surface area contributed by atoms with Crippen molar-refractivity contribution in [2.24, 2.45) is 0 Å². The van der Waals surface area contributed by atoms with E-state index in [-0.39, 0.29) is 11.6 Å². The van der Waals surface area contributed by atoms with Crippen LogP contribution in [0.3, 0.4) is 0 Å². The Morgan fingerprint density at radius 3 is 2.60 bits per heavy atom. The molecule has 0 bridgehead atoms. The molecule has 0 aromatic heterocycles. The number of halogens is 1. The van der Waals surface area contributed by atoms with Crippen molar-refractivity contribution in [3.63, 3.8) is 0 Å². The summed E-state index contributed by atoms with van der Waals surface area (Å²) in [5, 5.41) is 2.63. The molecule has 0 aliphatic heterocycles. The van der Waals surface area contributed by atoms with Crippen LogP contribution >= 0.6 is 0 Å². The predicted molar refractivity (Wildman–Crippen MR) is 79.5 cm³/mol. The van der Waals surface area contributed by atoms with Crippen LogP contribution in [0.4, 0.5) is 21.5 Å². The molecule has 4 nitrogen and oxygen atoms in total. The van der Waals surface area contributed by atoms with Gasteiger partial charge in [-0.2, -0.15) is 0 Å². The van der Waals surface area contributed by atoms with E-state index in [4.69, 9.17) is 5.73 Å². The number of nitrogens with one attached hydrogen (secondary N) is 1. The lowest BCUT2D eigenvalue weighted by molar-refractivity contribution is 0.102. The first-order valence-electron chi connectivity index (χ1n) is 6.10. The van der Waals surface area contributed by atoms with E-state index in [0.717, 1.165) is 5.69 Å². The Morgan fingerprint density at radius 2 is 1.95 bits per heavy atom. The van der Waals surface area contributed by atoms with Gasteiger partial charge >= 0.3 is 0 Å². The van der Waals surface area contributed by atoms with Gasteiger partial charge in [-0.15, -0.1) is 0 Å². The summed E-state index contributed by atoms with van der Waals surface area (Å²) in [5.74, 6) is -0.791. The minimum atomic E-state index is -0.484. The van der Waals surface area contributed by atoms with E-state index >= 15 is 0 Å². The van der Waals surface area contributed by atoms with E-state index in [0.29, 0.717) is 11.3 Å². The van der Waals surface area contributed by atoms with Crippen LogP contribution in [0.5, 0.6) is 0 Å². The fourth-order valence-electron chi connectivity index (χ4n) is 1.81. The lowest BCUT2D eigenvalue weighted by Crippen LogP contribution is -2.14. The molecule has 20 heavy (non-hydrogen) atoms. The van der Waals surface area contributed by atoms with E-state index in [9.17, 15) is 9.18 Å². The predicted octanol–water partition coefficient (Wildman–Crippen LogP) is 2.73. The van der Waals surface area contributed by atoms with Gasteiger partial charge in [0.15, 0.2) is 0 Å². The first kappa shape index (κ1) is 13.9. The number of rotatable bonds is 3. The minimum absolute atomic E-state index is 0.266. The van der Waals surface area contributed by atoms with Gasteiger partial charge in [-0.1, -0.05) is 6.07 Å². The Morgan fingerprint density at radius 1 is 1.20 bits per heavy atom. The Labute approximate surface area is 117 Å². The van der Waals surface area contributed by atoms with Gasteiger partial charge in [-0.25, -0.2) is 4.39 Å². The minimum Gasteiger partial charge on any atom is -0.399 e. The molecule has 104 valence electrons. The number of nitrogens with two attached hydrogens (primary N) is 1. The lowest BCUT2D eigenvalue weighted by Gasteiger charge is -2.13. The van der Waals surface area contributed by atoms with Crippen LogP contribution in [0.2, 0.25) is 0 Å². The Bertz CT molecular complexity index is 621. The van der Waals surface area contributed by atoms with E-state index < -0.39 is 5.82 Å². The van der Waals surface area contributed by atoms with E-state index in [2.05, 4.69) is 5.32 Å². The summed E-state index contributed by atoms with van der Waals surface area (Å²) in [6.07, 6.45) is 0. The quantitative estimate of drug-likeness (QED) is 0.845. The van der Waals surface area contributed by atoms with Gasteiger partial charge < -0.3 is 16.0 Å². The second kappa shape index (κ2) is 5.61. The maximum absolute atomic E-state index is 13.2. The summed E-state index contributed by atoms with van der Waals surface area (Å²) in [6, 6.07) is 11.1. The molecule has 5 heteroatoms. The molecule has 0 unspecified atom stereocenters. The number of hydrogen-bond donors (Lipinski definition) is 2. The van der Waals surface area contributed by atoms with Crippen LogP contribution < -0.4 is 16.0 Å². The van der Waals surface area contributed by atoms with Crippen LogP contribution in [0.15, 0.2) is 42.5 Å². The van der Waals surface area contributed by atoms with Crippen LogP contribution in [-0.2, 0) is 0 Å². The number of carbonyl (C=O) groups excluding carboxylic acids is 1. The molecule has 2 rings (SSSR count). The summed E-state index contributed by atoms with van der Waals surface area (Å²) in [4.78, 5) is 14.0. The number of hydrogen-bond acceptors (Lipinski definition) is 3. The van der Waals surface area contributed by atoms with Crippen molar-refractivity contribution in [2.75, 3.05) is 30.0 Å². The molecule has 0 atom stereocenters. The van der Waals surface area contributed by atoms with Crippen molar-refractivity contribution < 1.29 is 9.18 Å². The number of nitrogens with zero attached hydrogens (tertiary/aromatic N) is 1. The molecule has 0 spiro atoms. The summed E-state index contributed by atoms with van der Waals surface area (Å²) in [7, 11) is 3.79. The molecule has 0 fully saturated rings. The van der Waals surface area contributed by atoms with Crippen LogP contribution in [0.1, 0.15) is 10.4 Å². The van der Waals surface area contributed by atoms with Crippen molar-refractivity contribution >= 4 is 23.0 Å². The number of carbonyl (C=O) groups is 1. The van der Waals surface area contributed by atoms with E-state index in [1.807, 2.05) is 25.1 Å². The van der Waals surface area contributed by atoms with Crippen molar-refractivity contribution in [2.45, 2.75) is 0 Å². The highest BCUT2D eigenvalue weighted by Gasteiger charge is 2.08. The zero-order chi connectivity index (χ0) is 14.7. The van der Waals surface area contributed by atoms with Gasteiger partial charge in [0.25, 0.3) is 5.91 Å². The molecule has 2 aromatic rings. The first-order chi connectivity index (χ1) is 9.45. The van der Waals surface area contributed by atoms with Gasteiger partial charge in [-0.3, -0.25) is 4.79 Å². The van der Waals surface area contributed by atoms with Crippen molar-refractivity contribution in [1.29, 1.82) is 0 Å². The monoisotopic (exact) mass is 273 g/mol. The maximum Gasteiger partial charge on any atom is 0.255 e. The second-order valence-corrected chi connectivity index (χ2v) is 4.67. The number of benzene rings is 2. The molecule has 0 radical (unpaired) electrons. The second-order valence-electron chi connectivity index (χ2n) is 4.67.